The molecule has 0 saturated carbocycles. The molecule has 110 valence electrons. The van der Waals surface area contributed by atoms with Crippen LogP contribution in [-0.4, -0.2) is 9.97 Å². The van der Waals surface area contributed by atoms with Gasteiger partial charge in [0.05, 0.1) is 11.3 Å². The summed E-state index contributed by atoms with van der Waals surface area (Å²) in [7, 11) is 0. The summed E-state index contributed by atoms with van der Waals surface area (Å²) >= 11 is 0. The van der Waals surface area contributed by atoms with Crippen LogP contribution in [0.15, 0.2) is 53.3 Å². The molecule has 0 saturated heterocycles. The molecule has 22 heavy (non-hydrogen) atoms. The van der Waals surface area contributed by atoms with E-state index in [0.717, 1.165) is 5.56 Å². The maximum absolute atomic E-state index is 13.9. The van der Waals surface area contributed by atoms with Gasteiger partial charge in [-0.05, 0) is 30.7 Å². The second-order valence-electron chi connectivity index (χ2n) is 5.03. The second kappa shape index (κ2) is 5.44. The van der Waals surface area contributed by atoms with E-state index in [-0.39, 0.29) is 16.9 Å². The number of hydrogen-bond acceptors (Lipinski definition) is 3. The number of nitrogens with one attached hydrogen (secondary N) is 1. The molecule has 0 aliphatic rings. The van der Waals surface area contributed by atoms with Gasteiger partial charge in [-0.3, -0.25) is 4.79 Å². The third-order valence-corrected chi connectivity index (χ3v) is 3.45. The maximum atomic E-state index is 13.9. The average Bonchev–Trinajstić information content (AvgIpc) is 2.50. The molecule has 5 heteroatoms. The lowest BCUT2D eigenvalue weighted by molar-refractivity contribution is 0.630. The number of nitrogen functional groups attached to an aromatic ring is 1. The Labute approximate surface area is 126 Å². The number of benzene rings is 2. The first kappa shape index (κ1) is 14.0. The molecule has 0 radical (unpaired) electrons. The molecule has 0 aliphatic heterocycles. The Morgan fingerprint density at radius 2 is 1.91 bits per heavy atom. The van der Waals surface area contributed by atoms with Crippen molar-refractivity contribution in [1.82, 2.24) is 9.97 Å². The summed E-state index contributed by atoms with van der Waals surface area (Å²) in [5.41, 5.74) is 8.53. The Balaban J connectivity index is 2.17. The number of aromatic amines is 1. The van der Waals surface area contributed by atoms with E-state index in [0.29, 0.717) is 16.9 Å². The molecular weight excluding hydrogens is 281 g/mol. The van der Waals surface area contributed by atoms with Crippen molar-refractivity contribution < 1.29 is 4.39 Å². The molecule has 1 aromatic heterocycles. The monoisotopic (exact) mass is 295 g/mol. The predicted molar refractivity (Wildman–Crippen MR) is 84.8 cm³/mol. The molecule has 0 amide bonds. The van der Waals surface area contributed by atoms with Crippen LogP contribution in [0.5, 0.6) is 0 Å². The number of aryl methyl sites for hydroxylation is 1. The predicted octanol–water partition coefficient (Wildman–Crippen LogP) is 3.13. The van der Waals surface area contributed by atoms with Crippen molar-refractivity contribution in [3.63, 3.8) is 0 Å². The lowest BCUT2D eigenvalue weighted by Crippen LogP contribution is -2.09. The molecule has 0 atom stereocenters. The van der Waals surface area contributed by atoms with E-state index >= 15 is 0 Å². The van der Waals surface area contributed by atoms with Crippen LogP contribution in [-0.2, 0) is 0 Å². The maximum Gasteiger partial charge on any atom is 0.251 e. The van der Waals surface area contributed by atoms with Gasteiger partial charge in [0.25, 0.3) is 5.56 Å². The lowest BCUT2D eigenvalue weighted by Gasteiger charge is -2.07. The van der Waals surface area contributed by atoms with Crippen molar-refractivity contribution >= 4 is 5.69 Å². The number of halogens is 1. The van der Waals surface area contributed by atoms with Gasteiger partial charge in [-0.15, -0.1) is 0 Å². The first-order valence-electron chi connectivity index (χ1n) is 6.77. The van der Waals surface area contributed by atoms with Crippen LogP contribution in [0.25, 0.3) is 22.6 Å². The van der Waals surface area contributed by atoms with Gasteiger partial charge in [-0.25, -0.2) is 9.37 Å². The van der Waals surface area contributed by atoms with Crippen LogP contribution in [0.1, 0.15) is 5.56 Å². The van der Waals surface area contributed by atoms with E-state index in [9.17, 15) is 9.18 Å². The van der Waals surface area contributed by atoms with Crippen LogP contribution in [0.4, 0.5) is 10.1 Å². The van der Waals surface area contributed by atoms with Gasteiger partial charge in [-0.2, -0.15) is 0 Å². The Morgan fingerprint density at radius 1 is 1.14 bits per heavy atom. The smallest absolute Gasteiger partial charge is 0.251 e. The molecule has 1 heterocycles. The van der Waals surface area contributed by atoms with E-state index < -0.39 is 5.82 Å². The van der Waals surface area contributed by atoms with Crippen LogP contribution in [0, 0.1) is 12.7 Å². The van der Waals surface area contributed by atoms with Crippen molar-refractivity contribution in [3.8, 4) is 22.6 Å². The minimum Gasteiger partial charge on any atom is -0.398 e. The van der Waals surface area contributed by atoms with E-state index in [4.69, 9.17) is 5.73 Å². The fraction of sp³-hybridized carbons (Fsp3) is 0.0588. The van der Waals surface area contributed by atoms with Crippen molar-refractivity contribution in [2.45, 2.75) is 6.92 Å². The number of nitrogens with zero attached hydrogens (tertiary/aromatic N) is 1. The zero-order valence-electron chi connectivity index (χ0n) is 11.9. The summed E-state index contributed by atoms with van der Waals surface area (Å²) in [5, 5.41) is 0. The highest BCUT2D eigenvalue weighted by Crippen LogP contribution is 2.24. The molecule has 4 nitrogen and oxygen atoms in total. The van der Waals surface area contributed by atoms with Gasteiger partial charge in [0.15, 0.2) is 0 Å². The third kappa shape index (κ3) is 2.61. The summed E-state index contributed by atoms with van der Waals surface area (Å²) < 4.78 is 13.9. The standard InChI is InChI=1S/C17H14FN3O/c1-10-6-7-11(8-14(10)19)15-9-16(22)21-17(20-15)12-4-2-3-5-13(12)18/h2-9H,19H2,1H3,(H,20,21,22). The number of hydrogen-bond donors (Lipinski definition) is 2. The second-order valence-corrected chi connectivity index (χ2v) is 5.03. The number of anilines is 1. The highest BCUT2D eigenvalue weighted by molar-refractivity contribution is 5.68. The Hall–Kier alpha value is -2.95. The third-order valence-electron chi connectivity index (χ3n) is 3.45. The van der Waals surface area contributed by atoms with Crippen molar-refractivity contribution in [3.05, 3.63) is 70.3 Å². The molecule has 0 spiro atoms. The first-order valence-corrected chi connectivity index (χ1v) is 6.77. The highest BCUT2D eigenvalue weighted by atomic mass is 19.1. The molecule has 3 rings (SSSR count). The van der Waals surface area contributed by atoms with E-state index in [1.807, 2.05) is 19.1 Å². The summed E-state index contributed by atoms with van der Waals surface area (Å²) in [6.07, 6.45) is 0. The normalized spacial score (nSPS) is 10.6. The SMILES string of the molecule is Cc1ccc(-c2cc(=O)[nH]c(-c3ccccc3F)n2)cc1N. The van der Waals surface area contributed by atoms with Crippen molar-refractivity contribution in [2.75, 3.05) is 5.73 Å². The van der Waals surface area contributed by atoms with Gasteiger partial charge in [0, 0.05) is 17.3 Å². The quantitative estimate of drug-likeness (QED) is 0.713. The van der Waals surface area contributed by atoms with Crippen LogP contribution in [0.3, 0.4) is 0 Å². The van der Waals surface area contributed by atoms with Crippen LogP contribution >= 0.6 is 0 Å². The number of H-pyrrole nitrogens is 1. The van der Waals surface area contributed by atoms with Crippen molar-refractivity contribution in [2.24, 2.45) is 0 Å². The Kier molecular flexibility index (Phi) is 3.47. The van der Waals surface area contributed by atoms with Gasteiger partial charge in [0.2, 0.25) is 0 Å². The molecule has 0 fully saturated rings. The van der Waals surface area contributed by atoms with Gasteiger partial charge >= 0.3 is 0 Å². The molecule has 0 aliphatic carbocycles. The molecule has 0 unspecified atom stereocenters. The molecule has 3 aromatic rings. The Bertz CT molecular complexity index is 902. The van der Waals surface area contributed by atoms with Gasteiger partial charge in [-0.1, -0.05) is 24.3 Å². The van der Waals surface area contributed by atoms with Crippen molar-refractivity contribution in [1.29, 1.82) is 0 Å². The van der Waals surface area contributed by atoms with E-state index in [2.05, 4.69) is 9.97 Å². The fourth-order valence-corrected chi connectivity index (χ4v) is 2.19. The zero-order chi connectivity index (χ0) is 15.7. The summed E-state index contributed by atoms with van der Waals surface area (Å²) in [4.78, 5) is 18.8. The zero-order valence-corrected chi connectivity index (χ0v) is 11.9. The van der Waals surface area contributed by atoms with E-state index in [1.54, 1.807) is 24.3 Å². The number of nitrogens with two attached hydrogens (primary N) is 1. The Morgan fingerprint density at radius 3 is 2.64 bits per heavy atom. The summed E-state index contributed by atoms with van der Waals surface area (Å²) in [6.45, 7) is 1.90. The average molecular weight is 295 g/mol. The van der Waals surface area contributed by atoms with Crippen LogP contribution in [0.2, 0.25) is 0 Å². The lowest BCUT2D eigenvalue weighted by atomic mass is 10.1. The largest absolute Gasteiger partial charge is 0.398 e. The molecule has 0 bridgehead atoms. The van der Waals surface area contributed by atoms with Crippen LogP contribution < -0.4 is 11.3 Å². The van der Waals surface area contributed by atoms with Gasteiger partial charge < -0.3 is 10.7 Å². The topological polar surface area (TPSA) is 71.8 Å². The van der Waals surface area contributed by atoms with Gasteiger partial charge in [0.1, 0.15) is 11.6 Å². The molecule has 3 N–H and O–H groups in total. The molecular formula is C17H14FN3O. The fourth-order valence-electron chi connectivity index (χ4n) is 2.19. The first-order chi connectivity index (χ1) is 10.5. The van der Waals surface area contributed by atoms with E-state index in [1.165, 1.54) is 12.1 Å². The minimum atomic E-state index is -0.439. The summed E-state index contributed by atoms with van der Waals surface area (Å²) in [6, 6.07) is 13.0. The highest BCUT2D eigenvalue weighted by Gasteiger charge is 2.10. The number of rotatable bonds is 2. The number of aromatic nitrogens is 2. The molecule has 2 aromatic carbocycles. The summed E-state index contributed by atoms with van der Waals surface area (Å²) in [5.74, 6) is -0.244. The minimum absolute atomic E-state index is 0.194.